The Morgan fingerprint density at radius 2 is 1.81 bits per heavy atom. The van der Waals surface area contributed by atoms with Crippen molar-refractivity contribution in [2.24, 2.45) is 0 Å². The molecule has 8 heteroatoms. The van der Waals surface area contributed by atoms with Crippen molar-refractivity contribution in [1.29, 1.82) is 0 Å². The number of hydrogen-bond donors (Lipinski definition) is 1. The number of imide groups is 1. The van der Waals surface area contributed by atoms with Crippen molar-refractivity contribution in [1.82, 2.24) is 9.88 Å². The van der Waals surface area contributed by atoms with E-state index in [4.69, 9.17) is 14.2 Å². The predicted molar refractivity (Wildman–Crippen MR) is 116 cm³/mol. The van der Waals surface area contributed by atoms with E-state index < -0.39 is 11.8 Å². The molecule has 2 aliphatic heterocycles. The van der Waals surface area contributed by atoms with Gasteiger partial charge in [-0.3, -0.25) is 19.5 Å². The van der Waals surface area contributed by atoms with Crippen LogP contribution < -0.4 is 19.5 Å². The van der Waals surface area contributed by atoms with E-state index in [1.165, 1.54) is 4.90 Å². The van der Waals surface area contributed by atoms with E-state index in [1.807, 2.05) is 6.07 Å². The number of benzene rings is 2. The van der Waals surface area contributed by atoms with E-state index in [-0.39, 0.29) is 24.6 Å². The Bertz CT molecular complexity index is 1220. The summed E-state index contributed by atoms with van der Waals surface area (Å²) in [7, 11) is 1.57. The minimum atomic E-state index is -0.427. The molecule has 2 aliphatic rings. The van der Waals surface area contributed by atoms with Crippen molar-refractivity contribution >= 4 is 23.1 Å². The maximum Gasteiger partial charge on any atom is 0.278 e. The Morgan fingerprint density at radius 3 is 2.56 bits per heavy atom. The molecule has 0 atom stereocenters. The summed E-state index contributed by atoms with van der Waals surface area (Å²) in [6.45, 7) is 0.221. The topological polar surface area (TPSA) is 90.0 Å². The van der Waals surface area contributed by atoms with Crippen molar-refractivity contribution in [3.8, 4) is 17.2 Å². The zero-order valence-electron chi connectivity index (χ0n) is 17.2. The van der Waals surface area contributed by atoms with Crippen molar-refractivity contribution in [2.45, 2.75) is 6.54 Å². The number of methoxy groups -OCH3 is 1. The van der Waals surface area contributed by atoms with E-state index in [9.17, 15) is 9.59 Å². The lowest BCUT2D eigenvalue weighted by atomic mass is 10.0. The van der Waals surface area contributed by atoms with Gasteiger partial charge in [0.1, 0.15) is 11.4 Å². The molecule has 0 saturated heterocycles. The predicted octanol–water partition coefficient (Wildman–Crippen LogP) is 3.21. The molecule has 3 heterocycles. The summed E-state index contributed by atoms with van der Waals surface area (Å²) in [5.41, 5.74) is 2.31. The number of nitrogens with one attached hydrogen (secondary N) is 1. The number of amides is 2. The average Bonchev–Trinajstić information content (AvgIpc) is 3.38. The highest BCUT2D eigenvalue weighted by molar-refractivity contribution is 6.36. The van der Waals surface area contributed by atoms with Gasteiger partial charge in [0.15, 0.2) is 11.5 Å². The first kappa shape index (κ1) is 19.6. The number of fused-ring (bicyclic) bond motifs is 1. The van der Waals surface area contributed by atoms with Gasteiger partial charge in [-0.1, -0.05) is 18.2 Å². The van der Waals surface area contributed by atoms with Crippen LogP contribution in [0.15, 0.2) is 72.6 Å². The molecular formula is C24H19N3O5. The number of nitrogens with zero attached hydrogens (tertiary/aromatic N) is 2. The van der Waals surface area contributed by atoms with Crippen LogP contribution in [0.2, 0.25) is 0 Å². The van der Waals surface area contributed by atoms with Gasteiger partial charge in [0.2, 0.25) is 6.79 Å². The lowest BCUT2D eigenvalue weighted by Gasteiger charge is -2.15. The van der Waals surface area contributed by atoms with Gasteiger partial charge in [-0.2, -0.15) is 0 Å². The number of hydrogen-bond acceptors (Lipinski definition) is 7. The Kier molecular flexibility index (Phi) is 4.95. The third-order valence-electron chi connectivity index (χ3n) is 5.23. The van der Waals surface area contributed by atoms with Crippen molar-refractivity contribution in [3.63, 3.8) is 0 Å². The van der Waals surface area contributed by atoms with Crippen molar-refractivity contribution in [2.75, 3.05) is 19.2 Å². The summed E-state index contributed by atoms with van der Waals surface area (Å²) in [5.74, 6) is 1.04. The standard InChI is InChI=1S/C24H19N3O5/c1-30-18-8-5-15(6-9-18)21-22(26-16-7-10-19-20(12-16)32-14-31-19)24(29)27(23(21)28)13-17-4-2-3-11-25-17/h2-12,26H,13-14H2,1H3. The second kappa shape index (κ2) is 8.07. The fourth-order valence-corrected chi connectivity index (χ4v) is 3.63. The Morgan fingerprint density at radius 1 is 1.00 bits per heavy atom. The number of pyridine rings is 1. The average molecular weight is 429 g/mol. The highest BCUT2D eigenvalue weighted by Crippen LogP contribution is 2.37. The van der Waals surface area contributed by atoms with Crippen LogP contribution in [-0.4, -0.2) is 35.6 Å². The third-order valence-corrected chi connectivity index (χ3v) is 5.23. The van der Waals surface area contributed by atoms with E-state index in [1.54, 1.807) is 67.9 Å². The fourth-order valence-electron chi connectivity index (χ4n) is 3.63. The molecule has 0 bridgehead atoms. The summed E-state index contributed by atoms with van der Waals surface area (Å²) < 4.78 is 16.0. The summed E-state index contributed by atoms with van der Waals surface area (Å²) in [6.07, 6.45) is 1.63. The Balaban J connectivity index is 1.53. The summed E-state index contributed by atoms with van der Waals surface area (Å²) in [5, 5.41) is 3.12. The molecule has 1 N–H and O–H groups in total. The van der Waals surface area contributed by atoms with Gasteiger partial charge in [-0.15, -0.1) is 0 Å². The van der Waals surface area contributed by atoms with Gasteiger partial charge in [-0.25, -0.2) is 0 Å². The van der Waals surface area contributed by atoms with Gasteiger partial charge in [-0.05, 0) is 42.0 Å². The normalized spacial score (nSPS) is 14.8. The molecule has 1 aromatic heterocycles. The molecule has 5 rings (SSSR count). The molecule has 0 saturated carbocycles. The minimum absolute atomic E-state index is 0.0739. The summed E-state index contributed by atoms with van der Waals surface area (Å²) >= 11 is 0. The number of carbonyl (C=O) groups excluding carboxylic acids is 2. The van der Waals surface area contributed by atoms with E-state index in [0.29, 0.717) is 34.2 Å². The number of rotatable bonds is 6. The fraction of sp³-hybridized carbons (Fsp3) is 0.125. The summed E-state index contributed by atoms with van der Waals surface area (Å²) in [6, 6.07) is 17.6. The molecule has 2 amide bonds. The Labute approximate surface area is 184 Å². The van der Waals surface area contributed by atoms with Gasteiger partial charge in [0, 0.05) is 18.0 Å². The van der Waals surface area contributed by atoms with Crippen LogP contribution in [0.3, 0.4) is 0 Å². The molecule has 0 radical (unpaired) electrons. The molecular weight excluding hydrogens is 410 g/mol. The first-order valence-corrected chi connectivity index (χ1v) is 9.95. The van der Waals surface area contributed by atoms with Gasteiger partial charge >= 0.3 is 0 Å². The summed E-state index contributed by atoms with van der Waals surface area (Å²) in [4.78, 5) is 32.1. The van der Waals surface area contributed by atoms with E-state index >= 15 is 0 Å². The molecule has 8 nitrogen and oxygen atoms in total. The highest BCUT2D eigenvalue weighted by atomic mass is 16.7. The van der Waals surface area contributed by atoms with Crippen LogP contribution in [-0.2, 0) is 16.1 Å². The zero-order valence-corrected chi connectivity index (χ0v) is 17.2. The number of ether oxygens (including phenoxy) is 3. The Hall–Kier alpha value is -4.33. The molecule has 0 spiro atoms. The van der Waals surface area contributed by atoms with Crippen LogP contribution in [0.25, 0.3) is 5.57 Å². The first-order chi connectivity index (χ1) is 15.6. The maximum absolute atomic E-state index is 13.4. The number of carbonyl (C=O) groups is 2. The van der Waals surface area contributed by atoms with Crippen LogP contribution in [0, 0.1) is 0 Å². The van der Waals surface area contributed by atoms with Gasteiger partial charge in [0.25, 0.3) is 11.8 Å². The third kappa shape index (κ3) is 3.51. The minimum Gasteiger partial charge on any atom is -0.497 e. The second-order valence-electron chi connectivity index (χ2n) is 7.19. The lowest BCUT2D eigenvalue weighted by Crippen LogP contribution is -2.32. The molecule has 0 unspecified atom stereocenters. The van der Waals surface area contributed by atoms with Crippen molar-refractivity contribution < 1.29 is 23.8 Å². The molecule has 2 aromatic carbocycles. The molecule has 32 heavy (non-hydrogen) atoms. The van der Waals surface area contributed by atoms with Crippen LogP contribution in [0.1, 0.15) is 11.3 Å². The van der Waals surface area contributed by atoms with E-state index in [2.05, 4.69) is 10.3 Å². The highest BCUT2D eigenvalue weighted by Gasteiger charge is 2.39. The molecule has 3 aromatic rings. The number of aromatic nitrogens is 1. The maximum atomic E-state index is 13.4. The molecule has 0 fully saturated rings. The quantitative estimate of drug-likeness (QED) is 0.602. The SMILES string of the molecule is COc1ccc(C2=C(Nc3ccc4c(c3)OCO4)C(=O)N(Cc3ccccn3)C2=O)cc1. The van der Waals surface area contributed by atoms with Gasteiger partial charge < -0.3 is 19.5 Å². The first-order valence-electron chi connectivity index (χ1n) is 9.95. The monoisotopic (exact) mass is 429 g/mol. The second-order valence-corrected chi connectivity index (χ2v) is 7.19. The van der Waals surface area contributed by atoms with Gasteiger partial charge in [0.05, 0.1) is 24.9 Å². The largest absolute Gasteiger partial charge is 0.497 e. The number of anilines is 1. The van der Waals surface area contributed by atoms with Crippen molar-refractivity contribution in [3.05, 3.63) is 83.8 Å². The molecule has 160 valence electrons. The molecule has 0 aliphatic carbocycles. The van der Waals surface area contributed by atoms with Crippen LogP contribution >= 0.6 is 0 Å². The lowest BCUT2D eigenvalue weighted by molar-refractivity contribution is -0.137. The van der Waals surface area contributed by atoms with E-state index in [0.717, 1.165) is 0 Å². The van der Waals surface area contributed by atoms with Crippen LogP contribution in [0.5, 0.6) is 17.2 Å². The smallest absolute Gasteiger partial charge is 0.278 e. The zero-order chi connectivity index (χ0) is 22.1. The van der Waals surface area contributed by atoms with Crippen LogP contribution in [0.4, 0.5) is 5.69 Å².